The first-order chi connectivity index (χ1) is 13.1. The van der Waals surface area contributed by atoms with Crippen LogP contribution in [0.5, 0.6) is 11.5 Å². The highest BCUT2D eigenvalue weighted by Gasteiger charge is 2.39. The summed E-state index contributed by atoms with van der Waals surface area (Å²) < 4.78 is 24.3. The van der Waals surface area contributed by atoms with E-state index in [1.54, 1.807) is 12.1 Å². The topological polar surface area (TPSA) is 71.1 Å². The Kier molecular flexibility index (Phi) is 4.51. The number of benzene rings is 2. The maximum atomic E-state index is 12.9. The lowest BCUT2D eigenvalue weighted by atomic mass is 10.2. The summed E-state index contributed by atoms with van der Waals surface area (Å²) >= 11 is 0. The van der Waals surface area contributed by atoms with Crippen LogP contribution in [0.2, 0.25) is 0 Å². The molecule has 2 unspecified atom stereocenters. The second kappa shape index (κ2) is 7.12. The van der Waals surface area contributed by atoms with Gasteiger partial charge in [0.05, 0.1) is 0 Å². The summed E-state index contributed by atoms with van der Waals surface area (Å²) in [6, 6.07) is 15.4. The highest BCUT2D eigenvalue weighted by molar-refractivity contribution is 5.46. The molecule has 4 rings (SSSR count). The highest BCUT2D eigenvalue weighted by Crippen LogP contribution is 2.47. The number of nitrogens with zero attached hydrogens (tertiary/aromatic N) is 2. The van der Waals surface area contributed by atoms with Crippen LogP contribution in [0.1, 0.15) is 36.4 Å². The van der Waals surface area contributed by atoms with Gasteiger partial charge in [-0.25, -0.2) is 9.37 Å². The van der Waals surface area contributed by atoms with Crippen molar-refractivity contribution < 1.29 is 13.5 Å². The first-order valence-corrected chi connectivity index (χ1v) is 8.79. The minimum atomic E-state index is -0.299. The molecule has 0 aliphatic heterocycles. The number of anilines is 1. The molecule has 5 nitrogen and oxygen atoms in total. The van der Waals surface area contributed by atoms with Crippen molar-refractivity contribution in [1.29, 1.82) is 5.26 Å². The van der Waals surface area contributed by atoms with Crippen LogP contribution in [0.4, 0.5) is 10.3 Å². The zero-order chi connectivity index (χ0) is 18.8. The Bertz CT molecular complexity index is 974. The number of hydrogen-bond donors (Lipinski definition) is 1. The Hall–Kier alpha value is -3.33. The van der Waals surface area contributed by atoms with Crippen LogP contribution in [-0.2, 0) is 6.54 Å². The Labute approximate surface area is 156 Å². The van der Waals surface area contributed by atoms with Crippen LogP contribution >= 0.6 is 0 Å². The highest BCUT2D eigenvalue weighted by atomic mass is 19.1. The third-order valence-electron chi connectivity index (χ3n) is 4.60. The van der Waals surface area contributed by atoms with Gasteiger partial charge in [0.1, 0.15) is 23.4 Å². The molecule has 1 aliphatic rings. The van der Waals surface area contributed by atoms with E-state index >= 15 is 0 Å². The number of hydrogen-bond acceptors (Lipinski definition) is 5. The maximum Gasteiger partial charge on any atom is 0.232 e. The van der Waals surface area contributed by atoms with Gasteiger partial charge in [-0.3, -0.25) is 0 Å². The van der Waals surface area contributed by atoms with Crippen molar-refractivity contribution in [3.63, 3.8) is 0 Å². The Balaban J connectivity index is 1.38. The standard InChI is InChI=1S/C21H18FN3O2/c1-13-10-18(13)20-25-19(11-23)21(27-20)24-12-14-2-6-16(7-3-14)26-17-8-4-15(22)5-9-17/h2-9,13,18,24H,10,12H2,1H3. The molecular weight excluding hydrogens is 345 g/mol. The second-order valence-corrected chi connectivity index (χ2v) is 6.71. The molecule has 0 amide bonds. The van der Waals surface area contributed by atoms with Crippen molar-refractivity contribution in [1.82, 2.24) is 4.98 Å². The van der Waals surface area contributed by atoms with Crippen LogP contribution in [0, 0.1) is 23.1 Å². The SMILES string of the molecule is CC1CC1c1nc(C#N)c(NCc2ccc(Oc3ccc(F)cc3)cc2)o1. The summed E-state index contributed by atoms with van der Waals surface area (Å²) in [5.74, 6) is 2.89. The number of nitriles is 1. The largest absolute Gasteiger partial charge is 0.457 e. The molecule has 1 aliphatic carbocycles. The van der Waals surface area contributed by atoms with E-state index < -0.39 is 0 Å². The van der Waals surface area contributed by atoms with E-state index in [0.29, 0.717) is 47.3 Å². The van der Waals surface area contributed by atoms with E-state index in [1.807, 2.05) is 24.3 Å². The summed E-state index contributed by atoms with van der Waals surface area (Å²) in [5.41, 5.74) is 1.29. The molecule has 1 N–H and O–H groups in total. The van der Waals surface area contributed by atoms with Gasteiger partial charge in [-0.05, 0) is 54.3 Å². The van der Waals surface area contributed by atoms with E-state index in [2.05, 4.69) is 23.3 Å². The summed E-state index contributed by atoms with van der Waals surface area (Å²) in [5, 5.41) is 12.4. The predicted molar refractivity (Wildman–Crippen MR) is 98.0 cm³/mol. The van der Waals surface area contributed by atoms with Crippen molar-refractivity contribution in [3.05, 3.63) is 71.5 Å². The molecule has 3 aromatic rings. The van der Waals surface area contributed by atoms with Gasteiger partial charge in [0.15, 0.2) is 0 Å². The van der Waals surface area contributed by atoms with Gasteiger partial charge in [-0.1, -0.05) is 19.1 Å². The lowest BCUT2D eigenvalue weighted by Crippen LogP contribution is -1.99. The van der Waals surface area contributed by atoms with Gasteiger partial charge in [-0.2, -0.15) is 5.26 Å². The maximum absolute atomic E-state index is 12.9. The fraction of sp³-hybridized carbons (Fsp3) is 0.238. The number of aromatic nitrogens is 1. The summed E-state index contributed by atoms with van der Waals surface area (Å²) in [7, 11) is 0. The average molecular weight is 363 g/mol. The monoisotopic (exact) mass is 363 g/mol. The molecule has 2 aromatic carbocycles. The molecule has 1 fully saturated rings. The molecule has 0 bridgehead atoms. The lowest BCUT2D eigenvalue weighted by molar-refractivity contribution is 0.480. The molecule has 0 saturated heterocycles. The molecule has 0 spiro atoms. The number of rotatable bonds is 6. The minimum Gasteiger partial charge on any atom is -0.457 e. The van der Waals surface area contributed by atoms with Crippen molar-refractivity contribution >= 4 is 5.88 Å². The molecule has 2 atom stereocenters. The van der Waals surface area contributed by atoms with E-state index in [9.17, 15) is 9.65 Å². The van der Waals surface area contributed by atoms with Crippen molar-refractivity contribution in [2.45, 2.75) is 25.8 Å². The molecule has 0 radical (unpaired) electrons. The van der Waals surface area contributed by atoms with Gasteiger partial charge in [0.2, 0.25) is 17.5 Å². The molecule has 1 saturated carbocycles. The quantitative estimate of drug-likeness (QED) is 0.651. The van der Waals surface area contributed by atoms with Crippen LogP contribution in [0.25, 0.3) is 0 Å². The molecular formula is C21H18FN3O2. The van der Waals surface area contributed by atoms with E-state index in [-0.39, 0.29) is 5.82 Å². The molecule has 136 valence electrons. The van der Waals surface area contributed by atoms with Gasteiger partial charge in [0, 0.05) is 12.5 Å². The van der Waals surface area contributed by atoms with Crippen molar-refractivity contribution in [3.8, 4) is 17.6 Å². The zero-order valence-electron chi connectivity index (χ0n) is 14.8. The first kappa shape index (κ1) is 17.1. The third-order valence-corrected chi connectivity index (χ3v) is 4.60. The number of ether oxygens (including phenoxy) is 1. The van der Waals surface area contributed by atoms with Crippen LogP contribution in [-0.4, -0.2) is 4.98 Å². The summed E-state index contributed by atoms with van der Waals surface area (Å²) in [6.07, 6.45) is 1.06. The molecule has 6 heteroatoms. The summed E-state index contributed by atoms with van der Waals surface area (Å²) in [4.78, 5) is 4.28. The number of halogens is 1. The van der Waals surface area contributed by atoms with Crippen LogP contribution < -0.4 is 10.1 Å². The minimum absolute atomic E-state index is 0.292. The van der Waals surface area contributed by atoms with Crippen LogP contribution in [0.3, 0.4) is 0 Å². The number of oxazole rings is 1. The van der Waals surface area contributed by atoms with Gasteiger partial charge >= 0.3 is 0 Å². The van der Waals surface area contributed by atoms with Crippen LogP contribution in [0.15, 0.2) is 52.9 Å². The first-order valence-electron chi connectivity index (χ1n) is 8.79. The van der Waals surface area contributed by atoms with Gasteiger partial charge in [0.25, 0.3) is 0 Å². The Morgan fingerprint density at radius 1 is 1.19 bits per heavy atom. The van der Waals surface area contributed by atoms with E-state index in [0.717, 1.165) is 12.0 Å². The molecule has 27 heavy (non-hydrogen) atoms. The Morgan fingerprint density at radius 2 is 1.81 bits per heavy atom. The van der Waals surface area contributed by atoms with E-state index in [4.69, 9.17) is 9.15 Å². The number of nitrogens with one attached hydrogen (secondary N) is 1. The fourth-order valence-corrected chi connectivity index (χ4v) is 2.85. The van der Waals surface area contributed by atoms with Gasteiger partial charge in [-0.15, -0.1) is 0 Å². The zero-order valence-corrected chi connectivity index (χ0v) is 14.8. The average Bonchev–Trinajstić information content (AvgIpc) is 3.27. The van der Waals surface area contributed by atoms with Crippen molar-refractivity contribution in [2.24, 2.45) is 5.92 Å². The molecule has 1 heterocycles. The molecule has 1 aromatic heterocycles. The van der Waals surface area contributed by atoms with Crippen molar-refractivity contribution in [2.75, 3.05) is 5.32 Å². The normalized spacial score (nSPS) is 18.0. The Morgan fingerprint density at radius 3 is 2.41 bits per heavy atom. The van der Waals surface area contributed by atoms with Gasteiger partial charge < -0.3 is 14.5 Å². The second-order valence-electron chi connectivity index (χ2n) is 6.71. The predicted octanol–water partition coefficient (Wildman–Crippen LogP) is 5.21. The lowest BCUT2D eigenvalue weighted by Gasteiger charge is -2.07. The smallest absolute Gasteiger partial charge is 0.232 e. The van der Waals surface area contributed by atoms with E-state index in [1.165, 1.54) is 12.1 Å². The summed E-state index contributed by atoms with van der Waals surface area (Å²) in [6.45, 7) is 2.64. The fourth-order valence-electron chi connectivity index (χ4n) is 2.85. The third kappa shape index (κ3) is 3.93.